The third-order valence-electron chi connectivity index (χ3n) is 27.6. The van der Waals surface area contributed by atoms with Crippen molar-refractivity contribution in [2.24, 2.45) is 0 Å². The molecule has 6 aromatic heterocycles. The molecule has 0 saturated heterocycles. The van der Waals surface area contributed by atoms with E-state index in [4.69, 9.17) is 39.9 Å². The van der Waals surface area contributed by atoms with E-state index in [1.807, 2.05) is 72.8 Å². The second-order valence-electron chi connectivity index (χ2n) is 34.7. The lowest BCUT2D eigenvalue weighted by atomic mass is 9.90. The van der Waals surface area contributed by atoms with Crippen molar-refractivity contribution in [1.29, 1.82) is 0 Å². The van der Waals surface area contributed by atoms with Gasteiger partial charge in [-0.2, -0.15) is 0 Å². The first-order valence-corrected chi connectivity index (χ1v) is 44.3. The summed E-state index contributed by atoms with van der Waals surface area (Å²) in [5, 5.41) is 5.25. The van der Waals surface area contributed by atoms with Gasteiger partial charge in [-0.05, 0) is 273 Å². The van der Waals surface area contributed by atoms with E-state index in [0.717, 1.165) is 135 Å². The van der Waals surface area contributed by atoms with Crippen LogP contribution in [0.15, 0.2) is 291 Å². The molecule has 0 N–H and O–H groups in total. The summed E-state index contributed by atoms with van der Waals surface area (Å²) in [7, 11) is 0. The predicted octanol–water partition coefficient (Wildman–Crippen LogP) is 30.3. The molecule has 0 amide bonds. The molecule has 0 aliphatic carbocycles. The highest BCUT2D eigenvalue weighted by molar-refractivity contribution is 6.18. The standard InChI is InChI=1S/2C59H51N5/c1-34-30-53(64-56-41(8)37(4)35(2)39(6)54(56)55-40(7)36(3)38(5)42(9)57(55)64)48(59-61-49(43-22-14-10-15-23-43)32-50(62-59)44-24-16-11-17-25-44)31-47(34)52-33-51(45-26-18-12-19-27-45)60-58(63-52)46-28-20-13-21-29-46;1-34-30-47(52-33-49(43-22-14-10-15-23-43)60-58(61-52)46-28-20-13-21-29-46)31-48(59-62-50(44-24-16-11-17-25-44)32-51(63-59)45-26-18-12-19-27-45)55(34)64-56-41(8)37(4)35(2)39(6)53(56)54-40(7)36(3)38(5)42(9)57(54)64/h2*10-33H,1-9H3. The third-order valence-corrected chi connectivity index (χ3v) is 27.6. The summed E-state index contributed by atoms with van der Waals surface area (Å²) in [5.74, 6) is 2.63. The van der Waals surface area contributed by atoms with Crippen LogP contribution in [0, 0.1) is 125 Å². The molecule has 0 fully saturated rings. The van der Waals surface area contributed by atoms with Gasteiger partial charge in [-0.25, -0.2) is 39.9 Å². The first-order valence-electron chi connectivity index (χ1n) is 44.3. The Balaban J connectivity index is 0.000000167. The lowest BCUT2D eigenvalue weighted by Crippen LogP contribution is -2.07. The van der Waals surface area contributed by atoms with Gasteiger partial charge in [-0.1, -0.05) is 243 Å². The van der Waals surface area contributed by atoms with Crippen molar-refractivity contribution in [2.45, 2.75) is 125 Å². The quantitative estimate of drug-likeness (QED) is 0.106. The van der Waals surface area contributed by atoms with Crippen LogP contribution in [-0.4, -0.2) is 49.0 Å². The molecule has 0 atom stereocenters. The molecule has 0 unspecified atom stereocenters. The van der Waals surface area contributed by atoms with Crippen molar-refractivity contribution in [1.82, 2.24) is 49.0 Å². The van der Waals surface area contributed by atoms with Gasteiger partial charge in [0, 0.05) is 88.3 Å². The molecule has 20 aromatic rings. The Morgan fingerprint density at radius 3 is 0.695 bits per heavy atom. The van der Waals surface area contributed by atoms with Gasteiger partial charge in [0.2, 0.25) is 0 Å². The van der Waals surface area contributed by atoms with E-state index in [0.29, 0.717) is 23.3 Å². The topological polar surface area (TPSA) is 113 Å². The molecule has 10 heteroatoms. The monoisotopic (exact) mass is 1660 g/mol. The van der Waals surface area contributed by atoms with Gasteiger partial charge in [0.15, 0.2) is 23.3 Å². The molecular weight excluding hydrogens is 1560 g/mol. The minimum Gasteiger partial charge on any atom is -0.308 e. The maximum Gasteiger partial charge on any atom is 0.162 e. The summed E-state index contributed by atoms with van der Waals surface area (Å²) in [4.78, 5) is 43.1. The molecular formula is C118H102N10. The number of aromatic nitrogens is 10. The summed E-state index contributed by atoms with van der Waals surface area (Å²) in [6.07, 6.45) is 0. The van der Waals surface area contributed by atoms with Crippen LogP contribution in [0.3, 0.4) is 0 Å². The third kappa shape index (κ3) is 14.4. The number of fused-ring (bicyclic) bond motifs is 6. The number of benzene rings is 14. The van der Waals surface area contributed by atoms with Crippen LogP contribution in [0.4, 0.5) is 0 Å². The molecule has 0 saturated carbocycles. The maximum atomic E-state index is 5.52. The van der Waals surface area contributed by atoms with E-state index in [-0.39, 0.29) is 0 Å². The van der Waals surface area contributed by atoms with E-state index in [1.54, 1.807) is 0 Å². The number of hydrogen-bond donors (Lipinski definition) is 0. The zero-order chi connectivity index (χ0) is 88.8. The molecule has 0 aliphatic heterocycles. The van der Waals surface area contributed by atoms with Crippen LogP contribution in [0.5, 0.6) is 0 Å². The summed E-state index contributed by atoms with van der Waals surface area (Å²) in [5.41, 5.74) is 48.8. The highest BCUT2D eigenvalue weighted by atomic mass is 15.0. The first kappa shape index (κ1) is 82.6. The molecule has 0 spiro atoms. The van der Waals surface area contributed by atoms with Crippen molar-refractivity contribution in [3.8, 4) is 147 Å². The normalized spacial score (nSPS) is 11.5. The van der Waals surface area contributed by atoms with E-state index in [1.165, 1.54) is 133 Å². The fourth-order valence-electron chi connectivity index (χ4n) is 19.2. The Morgan fingerprint density at radius 2 is 0.398 bits per heavy atom. The molecule has 624 valence electrons. The summed E-state index contributed by atoms with van der Waals surface area (Å²) in [6, 6.07) is 101. The Morgan fingerprint density at radius 1 is 0.164 bits per heavy atom. The van der Waals surface area contributed by atoms with E-state index < -0.39 is 0 Å². The lowest BCUT2D eigenvalue weighted by molar-refractivity contribution is 1.09. The van der Waals surface area contributed by atoms with Crippen molar-refractivity contribution in [2.75, 3.05) is 0 Å². The molecule has 20 rings (SSSR count). The lowest BCUT2D eigenvalue weighted by Gasteiger charge is -2.22. The Hall–Kier alpha value is -15.0. The summed E-state index contributed by atoms with van der Waals surface area (Å²) < 4.78 is 5.11. The first-order chi connectivity index (χ1) is 62.0. The predicted molar refractivity (Wildman–Crippen MR) is 534 cm³/mol. The van der Waals surface area contributed by atoms with Crippen molar-refractivity contribution in [3.05, 3.63) is 391 Å². The van der Waals surface area contributed by atoms with Gasteiger partial charge >= 0.3 is 0 Å². The van der Waals surface area contributed by atoms with Crippen LogP contribution >= 0.6 is 0 Å². The smallest absolute Gasteiger partial charge is 0.162 e. The summed E-state index contributed by atoms with van der Waals surface area (Å²) in [6.45, 7) is 41.0. The number of nitrogens with zero attached hydrogens (tertiary/aromatic N) is 10. The van der Waals surface area contributed by atoms with Gasteiger partial charge < -0.3 is 9.13 Å². The van der Waals surface area contributed by atoms with Crippen LogP contribution in [0.2, 0.25) is 0 Å². The minimum atomic E-state index is 0.642. The molecule has 0 bridgehead atoms. The van der Waals surface area contributed by atoms with Gasteiger partial charge in [-0.3, -0.25) is 0 Å². The zero-order valence-corrected chi connectivity index (χ0v) is 76.2. The Bertz CT molecular complexity index is 7420. The van der Waals surface area contributed by atoms with Crippen molar-refractivity contribution < 1.29 is 0 Å². The van der Waals surface area contributed by atoms with Crippen molar-refractivity contribution in [3.63, 3.8) is 0 Å². The summed E-state index contributed by atoms with van der Waals surface area (Å²) >= 11 is 0. The van der Waals surface area contributed by atoms with Crippen LogP contribution in [0.25, 0.3) is 191 Å². The second kappa shape index (κ2) is 33.5. The largest absolute Gasteiger partial charge is 0.308 e. The van der Waals surface area contributed by atoms with E-state index >= 15 is 0 Å². The van der Waals surface area contributed by atoms with Crippen LogP contribution in [0.1, 0.15) is 100 Å². The Labute approximate surface area is 750 Å². The number of hydrogen-bond acceptors (Lipinski definition) is 8. The average molecular weight is 1660 g/mol. The van der Waals surface area contributed by atoms with Gasteiger partial charge in [0.05, 0.1) is 79.0 Å². The molecule has 128 heavy (non-hydrogen) atoms. The van der Waals surface area contributed by atoms with Gasteiger partial charge in [-0.15, -0.1) is 0 Å². The highest BCUT2D eigenvalue weighted by Crippen LogP contribution is 2.50. The number of rotatable bonds is 14. The molecule has 6 heterocycles. The van der Waals surface area contributed by atoms with Crippen LogP contribution < -0.4 is 0 Å². The molecule has 14 aromatic carbocycles. The van der Waals surface area contributed by atoms with Crippen molar-refractivity contribution >= 4 is 43.6 Å². The molecule has 0 aliphatic rings. The Kier molecular flexibility index (Phi) is 21.6. The molecule has 10 nitrogen and oxygen atoms in total. The van der Waals surface area contributed by atoms with Crippen LogP contribution in [-0.2, 0) is 0 Å². The maximum absolute atomic E-state index is 5.52. The minimum absolute atomic E-state index is 0.642. The number of aryl methyl sites for hydroxylation is 10. The fraction of sp³-hybridized carbons (Fsp3) is 0.153. The van der Waals surface area contributed by atoms with E-state index in [9.17, 15) is 0 Å². The van der Waals surface area contributed by atoms with E-state index in [2.05, 4.69) is 352 Å². The van der Waals surface area contributed by atoms with Gasteiger partial charge in [0.1, 0.15) is 0 Å². The second-order valence-corrected chi connectivity index (χ2v) is 34.7. The average Bonchev–Trinajstić information content (AvgIpc) is 1.54. The SMILES string of the molecule is Cc1cc(-c2cc(-c3ccccc3)nc(-c3ccccc3)n2)cc(-c2nc(-c3ccccc3)cc(-c3ccccc3)n2)c1-n1c2c(C)c(C)c(C)c(C)c2c2c(C)c(C)c(C)c(C)c21.Cc1cc(-n2c3c(C)c(C)c(C)c(C)c3c3c(C)c(C)c(C)c(C)c32)c(-c2nc(-c3ccccc3)cc(-c3ccccc3)n2)cc1-c1cc(-c2ccccc2)nc(-c2ccccc2)n1. The highest BCUT2D eigenvalue weighted by Gasteiger charge is 2.32. The zero-order valence-electron chi connectivity index (χ0n) is 76.2. The molecule has 0 radical (unpaired) electrons. The fourth-order valence-corrected chi connectivity index (χ4v) is 19.2. The van der Waals surface area contributed by atoms with Gasteiger partial charge in [0.25, 0.3) is 0 Å².